The van der Waals surface area contributed by atoms with E-state index in [-0.39, 0.29) is 18.2 Å². The Labute approximate surface area is 132 Å². The van der Waals surface area contributed by atoms with Gasteiger partial charge in [-0.1, -0.05) is 12.1 Å². The fourth-order valence-electron chi connectivity index (χ4n) is 2.34. The summed E-state index contributed by atoms with van der Waals surface area (Å²) in [5.74, 6) is 0.442. The van der Waals surface area contributed by atoms with Crippen molar-refractivity contribution in [3.8, 4) is 5.75 Å². The molecular weight excluding hydrogens is 313 g/mol. The number of hydrogen-bond acceptors (Lipinski definition) is 3. The number of methoxy groups -OCH3 is 1. The molecule has 2 N–H and O–H groups in total. The van der Waals surface area contributed by atoms with E-state index in [1.54, 1.807) is 0 Å². The molecule has 8 heteroatoms. The first-order valence-electron chi connectivity index (χ1n) is 7.27. The van der Waals surface area contributed by atoms with E-state index < -0.39 is 18.2 Å². The third kappa shape index (κ3) is 5.02. The molecule has 0 spiro atoms. The molecule has 0 radical (unpaired) electrons. The standard InChI is InChI=1S/C15H19F3N2O3/c1-22-11-6-4-10(5-7-11)13(15(16,17)18)20-14(21)19-9-12-3-2-8-23-12/h4-7,12-13H,2-3,8-9H2,1H3,(H2,19,20,21)/t12-,13-/m1/s1. The molecule has 5 nitrogen and oxygen atoms in total. The van der Waals surface area contributed by atoms with Crippen LogP contribution in [0.2, 0.25) is 0 Å². The lowest BCUT2D eigenvalue weighted by Gasteiger charge is -2.23. The number of hydrogen-bond donors (Lipinski definition) is 2. The summed E-state index contributed by atoms with van der Waals surface area (Å²) < 4.78 is 49.8. The first kappa shape index (κ1) is 17.4. The number of nitrogens with one attached hydrogen (secondary N) is 2. The Bertz CT molecular complexity index is 514. The third-order valence-corrected chi connectivity index (χ3v) is 3.57. The lowest BCUT2D eigenvalue weighted by Crippen LogP contribution is -2.45. The van der Waals surface area contributed by atoms with Crippen molar-refractivity contribution in [2.24, 2.45) is 0 Å². The van der Waals surface area contributed by atoms with Crippen LogP contribution in [0.5, 0.6) is 5.75 Å². The zero-order chi connectivity index (χ0) is 16.9. The van der Waals surface area contributed by atoms with Gasteiger partial charge in [-0.25, -0.2) is 4.79 Å². The van der Waals surface area contributed by atoms with Crippen molar-refractivity contribution in [2.45, 2.75) is 31.2 Å². The minimum atomic E-state index is -4.60. The van der Waals surface area contributed by atoms with Gasteiger partial charge in [-0.15, -0.1) is 0 Å². The molecule has 1 aliphatic rings. The van der Waals surface area contributed by atoms with Crippen LogP contribution in [0, 0.1) is 0 Å². The van der Waals surface area contributed by atoms with Crippen LogP contribution in [-0.2, 0) is 4.74 Å². The maximum absolute atomic E-state index is 13.2. The molecule has 0 aromatic heterocycles. The molecule has 2 rings (SSSR count). The molecule has 1 saturated heterocycles. The molecular formula is C15H19F3N2O3. The van der Waals surface area contributed by atoms with Crippen molar-refractivity contribution in [3.63, 3.8) is 0 Å². The maximum atomic E-state index is 13.2. The van der Waals surface area contributed by atoms with Crippen LogP contribution >= 0.6 is 0 Å². The second kappa shape index (κ2) is 7.54. The van der Waals surface area contributed by atoms with Gasteiger partial charge in [0.25, 0.3) is 0 Å². The summed E-state index contributed by atoms with van der Waals surface area (Å²) in [5.41, 5.74) is -0.0643. The lowest BCUT2D eigenvalue weighted by atomic mass is 10.1. The monoisotopic (exact) mass is 332 g/mol. The van der Waals surface area contributed by atoms with Crippen LogP contribution in [0.15, 0.2) is 24.3 Å². The van der Waals surface area contributed by atoms with Crippen LogP contribution in [0.4, 0.5) is 18.0 Å². The van der Waals surface area contributed by atoms with E-state index in [0.29, 0.717) is 12.4 Å². The highest BCUT2D eigenvalue weighted by atomic mass is 19.4. The number of urea groups is 1. The van der Waals surface area contributed by atoms with Crippen LogP contribution in [0.25, 0.3) is 0 Å². The molecule has 1 heterocycles. The van der Waals surface area contributed by atoms with Gasteiger partial charge < -0.3 is 20.1 Å². The molecule has 0 bridgehead atoms. The number of carbonyl (C=O) groups is 1. The highest BCUT2D eigenvalue weighted by Crippen LogP contribution is 2.33. The van der Waals surface area contributed by atoms with Gasteiger partial charge in [0.05, 0.1) is 13.2 Å². The topological polar surface area (TPSA) is 59.6 Å². The fourth-order valence-corrected chi connectivity index (χ4v) is 2.34. The summed E-state index contributed by atoms with van der Waals surface area (Å²) in [5, 5.41) is 4.38. The van der Waals surface area contributed by atoms with Gasteiger partial charge in [-0.2, -0.15) is 13.2 Å². The van der Waals surface area contributed by atoms with E-state index >= 15 is 0 Å². The SMILES string of the molecule is COc1ccc([C@@H](NC(=O)NC[C@H]2CCCO2)C(F)(F)F)cc1. The van der Waals surface area contributed by atoms with E-state index in [4.69, 9.17) is 9.47 Å². The Hall–Kier alpha value is -1.96. The van der Waals surface area contributed by atoms with E-state index in [1.165, 1.54) is 31.4 Å². The van der Waals surface area contributed by atoms with Gasteiger partial charge >= 0.3 is 12.2 Å². The Balaban J connectivity index is 1.98. The summed E-state index contributed by atoms with van der Waals surface area (Å²) in [6, 6.07) is 2.42. The van der Waals surface area contributed by atoms with Crippen molar-refractivity contribution in [2.75, 3.05) is 20.3 Å². The Morgan fingerprint density at radius 3 is 2.61 bits per heavy atom. The molecule has 0 unspecified atom stereocenters. The number of rotatable bonds is 5. The summed E-state index contributed by atoms with van der Waals surface area (Å²) in [6.07, 6.45) is -3.05. The Morgan fingerprint density at radius 2 is 2.09 bits per heavy atom. The van der Waals surface area contributed by atoms with Gasteiger partial charge in [0.15, 0.2) is 6.04 Å². The molecule has 1 aliphatic heterocycles. The molecule has 128 valence electrons. The Morgan fingerprint density at radius 1 is 1.39 bits per heavy atom. The summed E-state index contributed by atoms with van der Waals surface area (Å²) >= 11 is 0. The molecule has 1 aromatic carbocycles. The maximum Gasteiger partial charge on any atom is 0.412 e. The second-order valence-electron chi connectivity index (χ2n) is 5.24. The first-order chi connectivity index (χ1) is 10.9. The van der Waals surface area contributed by atoms with Crippen molar-refractivity contribution >= 4 is 6.03 Å². The predicted octanol–water partition coefficient (Wildman–Crippen LogP) is 2.78. The van der Waals surface area contributed by atoms with Crippen LogP contribution in [0.3, 0.4) is 0 Å². The van der Waals surface area contributed by atoms with E-state index in [0.717, 1.165) is 12.8 Å². The highest BCUT2D eigenvalue weighted by molar-refractivity contribution is 5.74. The molecule has 1 fully saturated rings. The number of benzene rings is 1. The molecule has 1 aromatic rings. The summed E-state index contributed by atoms with van der Waals surface area (Å²) in [6.45, 7) is 0.810. The minimum Gasteiger partial charge on any atom is -0.497 e. The quantitative estimate of drug-likeness (QED) is 0.872. The van der Waals surface area contributed by atoms with Crippen molar-refractivity contribution < 1.29 is 27.4 Å². The average molecular weight is 332 g/mol. The predicted molar refractivity (Wildman–Crippen MR) is 77.3 cm³/mol. The number of halogens is 3. The highest BCUT2D eigenvalue weighted by Gasteiger charge is 2.42. The zero-order valence-electron chi connectivity index (χ0n) is 12.7. The number of carbonyl (C=O) groups excluding carboxylic acids is 1. The van der Waals surface area contributed by atoms with Crippen LogP contribution in [-0.4, -0.2) is 38.6 Å². The minimum absolute atomic E-state index is 0.0643. The normalized spacial score (nSPS) is 19.2. The Kier molecular flexibility index (Phi) is 5.70. The van der Waals surface area contributed by atoms with Gasteiger partial charge in [-0.05, 0) is 30.5 Å². The van der Waals surface area contributed by atoms with Crippen LogP contribution < -0.4 is 15.4 Å². The number of amides is 2. The van der Waals surface area contributed by atoms with Gasteiger partial charge in [-0.3, -0.25) is 0 Å². The fraction of sp³-hybridized carbons (Fsp3) is 0.533. The second-order valence-corrected chi connectivity index (χ2v) is 5.24. The van der Waals surface area contributed by atoms with Gasteiger partial charge in [0, 0.05) is 13.2 Å². The molecule has 2 atom stereocenters. The van der Waals surface area contributed by atoms with Gasteiger partial charge in [0.2, 0.25) is 0 Å². The van der Waals surface area contributed by atoms with Crippen molar-refractivity contribution in [1.29, 1.82) is 0 Å². The molecule has 2 amide bonds. The molecule has 0 saturated carbocycles. The smallest absolute Gasteiger partial charge is 0.412 e. The van der Waals surface area contributed by atoms with Gasteiger partial charge in [0.1, 0.15) is 5.75 Å². The van der Waals surface area contributed by atoms with E-state index in [2.05, 4.69) is 5.32 Å². The third-order valence-electron chi connectivity index (χ3n) is 3.57. The van der Waals surface area contributed by atoms with Crippen molar-refractivity contribution in [1.82, 2.24) is 10.6 Å². The summed E-state index contributed by atoms with van der Waals surface area (Å²) in [4.78, 5) is 11.8. The first-order valence-corrected chi connectivity index (χ1v) is 7.27. The lowest BCUT2D eigenvalue weighted by molar-refractivity contribution is -0.154. The largest absolute Gasteiger partial charge is 0.497 e. The van der Waals surface area contributed by atoms with E-state index in [9.17, 15) is 18.0 Å². The number of alkyl halides is 3. The molecule has 0 aliphatic carbocycles. The van der Waals surface area contributed by atoms with Crippen LogP contribution in [0.1, 0.15) is 24.4 Å². The average Bonchev–Trinajstić information content (AvgIpc) is 3.03. The van der Waals surface area contributed by atoms with Crippen molar-refractivity contribution in [3.05, 3.63) is 29.8 Å². The number of ether oxygens (including phenoxy) is 2. The van der Waals surface area contributed by atoms with E-state index in [1.807, 2.05) is 5.32 Å². The molecule has 23 heavy (non-hydrogen) atoms. The zero-order valence-corrected chi connectivity index (χ0v) is 12.7. The summed E-state index contributed by atoms with van der Waals surface area (Å²) in [7, 11) is 1.42.